The lowest BCUT2D eigenvalue weighted by Crippen LogP contribution is -2.42. The van der Waals surface area contributed by atoms with Gasteiger partial charge in [-0.2, -0.15) is 0 Å². The van der Waals surface area contributed by atoms with Crippen LogP contribution in [0.25, 0.3) is 0 Å². The van der Waals surface area contributed by atoms with Crippen LogP contribution < -0.4 is 10.1 Å². The molecule has 0 spiro atoms. The molecule has 2 rings (SSSR count). The van der Waals surface area contributed by atoms with E-state index < -0.39 is 12.0 Å². The van der Waals surface area contributed by atoms with Gasteiger partial charge in [-0.15, -0.1) is 0 Å². The molecule has 20 heavy (non-hydrogen) atoms. The van der Waals surface area contributed by atoms with E-state index in [0.29, 0.717) is 25.1 Å². The number of aryl methyl sites for hydroxylation is 1. The molecule has 6 nitrogen and oxygen atoms in total. The number of likely N-dealkylation sites (tertiary alicyclic amines) is 1. The highest BCUT2D eigenvalue weighted by atomic mass is 16.5. The van der Waals surface area contributed by atoms with Crippen molar-refractivity contribution in [2.45, 2.75) is 25.8 Å². The molecule has 1 heterocycles. The summed E-state index contributed by atoms with van der Waals surface area (Å²) in [5, 5.41) is 11.8. The number of rotatable bonds is 3. The Kier molecular flexibility index (Phi) is 4.12. The first kappa shape index (κ1) is 14.2. The molecule has 0 bridgehead atoms. The summed E-state index contributed by atoms with van der Waals surface area (Å²) >= 11 is 0. The molecule has 1 aromatic carbocycles. The minimum atomic E-state index is -0.955. The van der Waals surface area contributed by atoms with Gasteiger partial charge in [-0.1, -0.05) is 0 Å². The van der Waals surface area contributed by atoms with Crippen molar-refractivity contribution in [3.05, 3.63) is 23.8 Å². The highest BCUT2D eigenvalue weighted by Crippen LogP contribution is 2.23. The Morgan fingerprint density at radius 1 is 1.45 bits per heavy atom. The van der Waals surface area contributed by atoms with E-state index in [2.05, 4.69) is 5.32 Å². The summed E-state index contributed by atoms with van der Waals surface area (Å²) in [7, 11) is 1.59. The van der Waals surface area contributed by atoms with Crippen LogP contribution >= 0.6 is 0 Å². The number of nitrogens with one attached hydrogen (secondary N) is 1. The fraction of sp³-hybridized carbons (Fsp3) is 0.429. The van der Waals surface area contributed by atoms with Gasteiger partial charge >= 0.3 is 12.0 Å². The maximum Gasteiger partial charge on any atom is 0.326 e. The smallest absolute Gasteiger partial charge is 0.326 e. The number of urea groups is 1. The first-order chi connectivity index (χ1) is 9.52. The van der Waals surface area contributed by atoms with E-state index in [-0.39, 0.29) is 6.03 Å². The Morgan fingerprint density at radius 2 is 2.20 bits per heavy atom. The number of hydrogen-bond donors (Lipinski definition) is 2. The molecule has 2 N–H and O–H groups in total. The van der Waals surface area contributed by atoms with E-state index in [4.69, 9.17) is 9.84 Å². The number of methoxy groups -OCH3 is 1. The fourth-order valence-electron chi connectivity index (χ4n) is 2.42. The van der Waals surface area contributed by atoms with Gasteiger partial charge in [0.25, 0.3) is 0 Å². The summed E-state index contributed by atoms with van der Waals surface area (Å²) in [6.07, 6.45) is 1.22. The number of carbonyl (C=O) groups is 2. The van der Waals surface area contributed by atoms with Crippen molar-refractivity contribution in [1.29, 1.82) is 0 Å². The van der Waals surface area contributed by atoms with Crippen LogP contribution in [0, 0.1) is 6.92 Å². The molecule has 0 saturated carbocycles. The molecular formula is C14H18N2O4. The predicted octanol–water partition coefficient (Wildman–Crippen LogP) is 2.08. The van der Waals surface area contributed by atoms with Crippen molar-refractivity contribution in [3.8, 4) is 5.75 Å². The SMILES string of the molecule is COc1ccc(NC(=O)N2CCC[C@H]2C(=O)O)cc1C. The van der Waals surface area contributed by atoms with Gasteiger partial charge in [-0.3, -0.25) is 0 Å². The van der Waals surface area contributed by atoms with E-state index in [1.54, 1.807) is 25.3 Å². The molecule has 1 fully saturated rings. The van der Waals surface area contributed by atoms with Crippen LogP contribution in [0.1, 0.15) is 18.4 Å². The minimum absolute atomic E-state index is 0.375. The highest BCUT2D eigenvalue weighted by Gasteiger charge is 2.33. The third kappa shape index (κ3) is 2.84. The van der Waals surface area contributed by atoms with E-state index in [1.165, 1.54) is 4.90 Å². The standard InChI is InChI=1S/C14H18N2O4/c1-9-8-10(5-6-12(9)20-2)15-14(19)16-7-3-4-11(16)13(17)18/h5-6,8,11H,3-4,7H2,1-2H3,(H,15,19)(H,17,18)/t11-/m0/s1. The van der Waals surface area contributed by atoms with Crippen LogP contribution in [0.15, 0.2) is 18.2 Å². The van der Waals surface area contributed by atoms with Gasteiger partial charge in [0, 0.05) is 12.2 Å². The normalized spacial score (nSPS) is 17.9. The average Bonchev–Trinajstić information content (AvgIpc) is 2.88. The van der Waals surface area contributed by atoms with Gasteiger partial charge in [0.05, 0.1) is 7.11 Å². The topological polar surface area (TPSA) is 78.9 Å². The van der Waals surface area contributed by atoms with Gasteiger partial charge in [-0.05, 0) is 43.5 Å². The predicted molar refractivity (Wildman–Crippen MR) is 74.1 cm³/mol. The van der Waals surface area contributed by atoms with Crippen molar-refractivity contribution in [3.63, 3.8) is 0 Å². The second kappa shape index (κ2) is 5.81. The van der Waals surface area contributed by atoms with Crippen molar-refractivity contribution in [2.75, 3.05) is 19.0 Å². The number of aliphatic carboxylic acids is 1. The number of carboxylic acid groups (broad SMARTS) is 1. The maximum absolute atomic E-state index is 12.1. The van der Waals surface area contributed by atoms with Gasteiger partial charge in [0.15, 0.2) is 0 Å². The fourth-order valence-corrected chi connectivity index (χ4v) is 2.42. The van der Waals surface area contributed by atoms with Crippen molar-refractivity contribution in [2.24, 2.45) is 0 Å². The first-order valence-corrected chi connectivity index (χ1v) is 6.48. The molecule has 0 radical (unpaired) electrons. The third-order valence-electron chi connectivity index (χ3n) is 3.44. The molecule has 2 amide bonds. The lowest BCUT2D eigenvalue weighted by atomic mass is 10.2. The van der Waals surface area contributed by atoms with Gasteiger partial charge in [0.2, 0.25) is 0 Å². The Morgan fingerprint density at radius 3 is 2.80 bits per heavy atom. The number of amides is 2. The number of anilines is 1. The summed E-state index contributed by atoms with van der Waals surface area (Å²) in [6.45, 7) is 2.35. The molecule has 0 aliphatic carbocycles. The van der Waals surface area contributed by atoms with Crippen LogP contribution in [0.3, 0.4) is 0 Å². The van der Waals surface area contributed by atoms with Crippen LogP contribution in [-0.2, 0) is 4.79 Å². The lowest BCUT2D eigenvalue weighted by molar-refractivity contribution is -0.141. The summed E-state index contributed by atoms with van der Waals surface area (Å²) in [6, 6.07) is 4.19. The molecule has 1 atom stereocenters. The van der Waals surface area contributed by atoms with Gasteiger partial charge < -0.3 is 20.1 Å². The average molecular weight is 278 g/mol. The molecule has 1 aliphatic heterocycles. The largest absolute Gasteiger partial charge is 0.496 e. The summed E-state index contributed by atoms with van der Waals surface area (Å²) in [5.74, 6) is -0.212. The molecule has 108 valence electrons. The van der Waals surface area contributed by atoms with Crippen LogP contribution in [0.2, 0.25) is 0 Å². The second-order valence-electron chi connectivity index (χ2n) is 4.80. The number of ether oxygens (including phenoxy) is 1. The molecule has 6 heteroatoms. The van der Waals surface area contributed by atoms with E-state index in [1.807, 2.05) is 6.92 Å². The number of carbonyl (C=O) groups excluding carboxylic acids is 1. The van der Waals surface area contributed by atoms with Gasteiger partial charge in [0.1, 0.15) is 11.8 Å². The zero-order valence-corrected chi connectivity index (χ0v) is 11.5. The van der Waals surface area contributed by atoms with Crippen LogP contribution in [0.5, 0.6) is 5.75 Å². The Labute approximate surface area is 117 Å². The Bertz CT molecular complexity index is 530. The number of benzene rings is 1. The molecule has 1 aromatic rings. The molecule has 1 aliphatic rings. The Balaban J connectivity index is 2.08. The molecular weight excluding hydrogens is 260 g/mol. The number of carboxylic acids is 1. The zero-order chi connectivity index (χ0) is 14.7. The highest BCUT2D eigenvalue weighted by molar-refractivity contribution is 5.92. The van der Waals surface area contributed by atoms with E-state index in [0.717, 1.165) is 11.3 Å². The summed E-state index contributed by atoms with van der Waals surface area (Å²) < 4.78 is 5.15. The maximum atomic E-state index is 12.1. The number of nitrogens with zero attached hydrogens (tertiary/aromatic N) is 1. The van der Waals surface area contributed by atoms with Crippen LogP contribution in [-0.4, -0.2) is 41.7 Å². The zero-order valence-electron chi connectivity index (χ0n) is 11.5. The van der Waals surface area contributed by atoms with Crippen LogP contribution in [0.4, 0.5) is 10.5 Å². The minimum Gasteiger partial charge on any atom is -0.496 e. The summed E-state index contributed by atoms with van der Waals surface area (Å²) in [4.78, 5) is 24.5. The van der Waals surface area contributed by atoms with Crippen molar-refractivity contribution < 1.29 is 19.4 Å². The lowest BCUT2D eigenvalue weighted by Gasteiger charge is -2.22. The van der Waals surface area contributed by atoms with Gasteiger partial charge in [-0.25, -0.2) is 9.59 Å². The number of hydrogen-bond acceptors (Lipinski definition) is 3. The van der Waals surface area contributed by atoms with E-state index >= 15 is 0 Å². The quantitative estimate of drug-likeness (QED) is 0.887. The molecule has 1 saturated heterocycles. The molecule has 0 aromatic heterocycles. The van der Waals surface area contributed by atoms with E-state index in [9.17, 15) is 9.59 Å². The molecule has 0 unspecified atom stereocenters. The van der Waals surface area contributed by atoms with Crippen molar-refractivity contribution in [1.82, 2.24) is 4.90 Å². The summed E-state index contributed by atoms with van der Waals surface area (Å²) in [5.41, 5.74) is 1.53. The third-order valence-corrected chi connectivity index (χ3v) is 3.44. The first-order valence-electron chi connectivity index (χ1n) is 6.48. The van der Waals surface area contributed by atoms with Crippen molar-refractivity contribution >= 4 is 17.7 Å². The second-order valence-corrected chi connectivity index (χ2v) is 4.80. The monoisotopic (exact) mass is 278 g/mol. The Hall–Kier alpha value is -2.24.